The number of halogens is 1. The van der Waals surface area contributed by atoms with Gasteiger partial charge in [0, 0.05) is 12.4 Å². The van der Waals surface area contributed by atoms with Crippen molar-refractivity contribution in [3.63, 3.8) is 0 Å². The number of rotatable bonds is 4. The minimum atomic E-state index is -1.51. The predicted octanol–water partition coefficient (Wildman–Crippen LogP) is 2.37. The number of carboxylic acid groups (broad SMARTS) is 1. The van der Waals surface area contributed by atoms with Crippen LogP contribution in [0.3, 0.4) is 0 Å². The Kier molecular flexibility index (Phi) is 3.89. The van der Waals surface area contributed by atoms with E-state index in [0.717, 1.165) is 17.8 Å². The monoisotopic (exact) mass is 295 g/mol. The second kappa shape index (κ2) is 5.61. The van der Waals surface area contributed by atoms with E-state index in [4.69, 9.17) is 5.11 Å². The Labute approximate surface area is 115 Å². The van der Waals surface area contributed by atoms with Crippen LogP contribution in [0.2, 0.25) is 0 Å². The van der Waals surface area contributed by atoms with Crippen LogP contribution in [0.5, 0.6) is 0 Å². The Hall–Kier alpha value is -2.55. The maximum atomic E-state index is 13.8. The first kappa shape index (κ1) is 13.9. The fourth-order valence-corrected chi connectivity index (χ4v) is 2.14. The summed E-state index contributed by atoms with van der Waals surface area (Å²) in [5.41, 5.74) is -1.39. The molecule has 0 saturated carbocycles. The molecule has 7 nitrogen and oxygen atoms in total. The van der Waals surface area contributed by atoms with Crippen LogP contribution in [0.1, 0.15) is 10.4 Å². The zero-order chi connectivity index (χ0) is 14.7. The van der Waals surface area contributed by atoms with Crippen molar-refractivity contribution in [2.24, 2.45) is 0 Å². The summed E-state index contributed by atoms with van der Waals surface area (Å²) in [5.74, 6) is -2.41. The second-order valence-corrected chi connectivity index (χ2v) is 4.50. The molecule has 0 fully saturated rings. The molecule has 1 aromatic heterocycles. The van der Waals surface area contributed by atoms with Crippen molar-refractivity contribution in [2.75, 3.05) is 0 Å². The number of nitrogens with zero attached hydrogens (tertiary/aromatic N) is 3. The lowest BCUT2D eigenvalue weighted by molar-refractivity contribution is -0.385. The van der Waals surface area contributed by atoms with Gasteiger partial charge in [-0.3, -0.25) is 10.1 Å². The minimum Gasteiger partial charge on any atom is -0.477 e. The number of aromatic nitrogens is 2. The topological polar surface area (TPSA) is 106 Å². The van der Waals surface area contributed by atoms with Crippen molar-refractivity contribution >= 4 is 23.4 Å². The number of carboxylic acids is 1. The van der Waals surface area contributed by atoms with E-state index in [2.05, 4.69) is 9.97 Å². The van der Waals surface area contributed by atoms with Crippen LogP contribution in [-0.4, -0.2) is 26.0 Å². The first-order valence-electron chi connectivity index (χ1n) is 5.15. The molecular weight excluding hydrogens is 289 g/mol. The number of benzene rings is 1. The number of hydrogen-bond acceptors (Lipinski definition) is 6. The van der Waals surface area contributed by atoms with Gasteiger partial charge in [-0.25, -0.2) is 19.2 Å². The third kappa shape index (κ3) is 2.88. The number of carbonyl (C=O) groups is 1. The molecule has 0 aliphatic heterocycles. The molecule has 0 aliphatic carbocycles. The van der Waals surface area contributed by atoms with Gasteiger partial charge in [-0.05, 0) is 23.9 Å². The van der Waals surface area contributed by atoms with Crippen LogP contribution in [0.25, 0.3) is 0 Å². The quantitative estimate of drug-likeness (QED) is 0.524. The molecule has 1 aromatic carbocycles. The summed E-state index contributed by atoms with van der Waals surface area (Å²) >= 11 is 0.783. The molecule has 102 valence electrons. The minimum absolute atomic E-state index is 0.0980. The number of nitro groups is 1. The Morgan fingerprint density at radius 3 is 2.55 bits per heavy atom. The Bertz CT molecular complexity index is 681. The lowest BCUT2D eigenvalue weighted by Crippen LogP contribution is -2.04. The molecule has 0 bridgehead atoms. The summed E-state index contributed by atoms with van der Waals surface area (Å²) in [6.07, 6.45) is 2.88. The van der Waals surface area contributed by atoms with Gasteiger partial charge in [0.25, 0.3) is 5.69 Å². The summed E-state index contributed by atoms with van der Waals surface area (Å²) in [5, 5.41) is 19.8. The molecule has 0 spiro atoms. The standard InChI is InChI=1S/C11H6FN3O4S/c12-7-5-8(15(18)19)6(10(16)17)4-9(7)20-11-13-2-1-3-14-11/h1-5H,(H,16,17). The lowest BCUT2D eigenvalue weighted by atomic mass is 10.2. The number of hydrogen-bond donors (Lipinski definition) is 1. The Balaban J connectivity index is 2.47. The molecule has 0 radical (unpaired) electrons. The van der Waals surface area contributed by atoms with Gasteiger partial charge in [-0.2, -0.15) is 0 Å². The largest absolute Gasteiger partial charge is 0.477 e. The highest BCUT2D eigenvalue weighted by molar-refractivity contribution is 7.99. The van der Waals surface area contributed by atoms with Gasteiger partial charge < -0.3 is 5.11 Å². The van der Waals surface area contributed by atoms with Crippen molar-refractivity contribution in [3.8, 4) is 0 Å². The zero-order valence-electron chi connectivity index (χ0n) is 9.69. The number of aromatic carboxylic acids is 1. The summed E-state index contributed by atoms with van der Waals surface area (Å²) < 4.78 is 13.8. The van der Waals surface area contributed by atoms with Gasteiger partial charge >= 0.3 is 5.97 Å². The van der Waals surface area contributed by atoms with Gasteiger partial charge in [0.15, 0.2) is 5.16 Å². The summed E-state index contributed by atoms with van der Waals surface area (Å²) in [4.78, 5) is 28.3. The summed E-state index contributed by atoms with van der Waals surface area (Å²) in [7, 11) is 0. The van der Waals surface area contributed by atoms with E-state index in [9.17, 15) is 19.3 Å². The average molecular weight is 295 g/mol. The van der Waals surface area contributed by atoms with E-state index in [-0.39, 0.29) is 10.1 Å². The normalized spacial score (nSPS) is 10.2. The van der Waals surface area contributed by atoms with Crippen LogP contribution in [-0.2, 0) is 0 Å². The van der Waals surface area contributed by atoms with Crippen molar-refractivity contribution in [3.05, 3.63) is 52.1 Å². The molecule has 1 N–H and O–H groups in total. The molecule has 0 aliphatic rings. The number of nitro benzene ring substituents is 1. The van der Waals surface area contributed by atoms with Gasteiger partial charge in [0.2, 0.25) is 0 Å². The highest BCUT2D eigenvalue weighted by Gasteiger charge is 2.23. The van der Waals surface area contributed by atoms with Crippen LogP contribution in [0.15, 0.2) is 40.6 Å². The highest BCUT2D eigenvalue weighted by atomic mass is 32.2. The van der Waals surface area contributed by atoms with Crippen molar-refractivity contribution in [1.29, 1.82) is 0 Å². The fraction of sp³-hybridized carbons (Fsp3) is 0. The fourth-order valence-electron chi connectivity index (χ4n) is 1.38. The average Bonchev–Trinajstić information content (AvgIpc) is 2.41. The SMILES string of the molecule is O=C(O)c1cc(Sc2ncccn2)c(F)cc1[N+](=O)[O-]. The second-order valence-electron chi connectivity index (χ2n) is 3.50. The lowest BCUT2D eigenvalue weighted by Gasteiger charge is -2.04. The molecule has 1 heterocycles. The molecular formula is C11H6FN3O4S. The molecule has 9 heteroatoms. The summed E-state index contributed by atoms with van der Waals surface area (Å²) in [6, 6.07) is 3.05. The molecule has 0 atom stereocenters. The molecule has 20 heavy (non-hydrogen) atoms. The van der Waals surface area contributed by atoms with E-state index >= 15 is 0 Å². The molecule has 0 amide bonds. The van der Waals surface area contributed by atoms with E-state index < -0.39 is 28.0 Å². The van der Waals surface area contributed by atoms with Crippen LogP contribution in [0.4, 0.5) is 10.1 Å². The highest BCUT2D eigenvalue weighted by Crippen LogP contribution is 2.32. The molecule has 0 saturated heterocycles. The molecule has 2 aromatic rings. The van der Waals surface area contributed by atoms with Crippen molar-refractivity contribution in [2.45, 2.75) is 10.1 Å². The van der Waals surface area contributed by atoms with Crippen LogP contribution < -0.4 is 0 Å². The van der Waals surface area contributed by atoms with Crippen LogP contribution >= 0.6 is 11.8 Å². The van der Waals surface area contributed by atoms with E-state index in [1.54, 1.807) is 6.07 Å². The van der Waals surface area contributed by atoms with Crippen molar-refractivity contribution in [1.82, 2.24) is 9.97 Å². The smallest absolute Gasteiger partial charge is 0.342 e. The Morgan fingerprint density at radius 2 is 2.00 bits per heavy atom. The van der Waals surface area contributed by atoms with Gasteiger partial charge in [0.05, 0.1) is 15.9 Å². The van der Waals surface area contributed by atoms with Crippen LogP contribution in [0, 0.1) is 15.9 Å². The zero-order valence-corrected chi connectivity index (χ0v) is 10.5. The molecule has 0 unspecified atom stereocenters. The van der Waals surface area contributed by atoms with Gasteiger partial charge in [-0.1, -0.05) is 0 Å². The third-order valence-electron chi connectivity index (χ3n) is 2.22. The van der Waals surface area contributed by atoms with Crippen molar-refractivity contribution < 1.29 is 19.2 Å². The van der Waals surface area contributed by atoms with Gasteiger partial charge in [0.1, 0.15) is 11.4 Å². The first-order valence-corrected chi connectivity index (χ1v) is 5.97. The van der Waals surface area contributed by atoms with E-state index in [0.29, 0.717) is 6.07 Å². The summed E-state index contributed by atoms with van der Waals surface area (Å²) in [6.45, 7) is 0. The van der Waals surface area contributed by atoms with E-state index in [1.807, 2.05) is 0 Å². The third-order valence-corrected chi connectivity index (χ3v) is 3.15. The molecule has 2 rings (SSSR count). The Morgan fingerprint density at radius 1 is 1.35 bits per heavy atom. The maximum Gasteiger partial charge on any atom is 0.342 e. The van der Waals surface area contributed by atoms with Gasteiger partial charge in [-0.15, -0.1) is 0 Å². The predicted molar refractivity (Wildman–Crippen MR) is 66.2 cm³/mol. The first-order chi connectivity index (χ1) is 9.49. The maximum absolute atomic E-state index is 13.8. The van der Waals surface area contributed by atoms with E-state index in [1.165, 1.54) is 12.4 Å².